The molecule has 0 saturated heterocycles. The molecule has 1 aromatic heterocycles. The lowest BCUT2D eigenvalue weighted by molar-refractivity contribution is 0.102. The molecule has 2 nitrogen and oxygen atoms in total. The van der Waals surface area contributed by atoms with E-state index in [1.807, 2.05) is 60.0 Å². The van der Waals surface area contributed by atoms with Crippen molar-refractivity contribution < 1.29 is 4.79 Å². The van der Waals surface area contributed by atoms with Gasteiger partial charge in [-0.05, 0) is 64.4 Å². The summed E-state index contributed by atoms with van der Waals surface area (Å²) in [5, 5.41) is 5.03. The Hall–Kier alpha value is -1.66. The van der Waals surface area contributed by atoms with Crippen molar-refractivity contribution in [2.24, 2.45) is 0 Å². The third-order valence-corrected chi connectivity index (χ3v) is 4.69. The number of halogens is 1. The van der Waals surface area contributed by atoms with Gasteiger partial charge >= 0.3 is 0 Å². The first-order chi connectivity index (χ1) is 10.2. The largest absolute Gasteiger partial charge is 0.321 e. The van der Waals surface area contributed by atoms with Crippen LogP contribution in [-0.2, 0) is 0 Å². The summed E-state index contributed by atoms with van der Waals surface area (Å²) in [6.07, 6.45) is 0. The number of hydrogen-bond donors (Lipinski definition) is 1. The molecule has 0 aliphatic rings. The highest BCUT2D eigenvalue weighted by Gasteiger charge is 2.10. The second-order valence-corrected chi connectivity index (χ2v) is 6.68. The van der Waals surface area contributed by atoms with Gasteiger partial charge in [0.1, 0.15) is 0 Å². The quantitative estimate of drug-likeness (QED) is 0.591. The van der Waals surface area contributed by atoms with Crippen molar-refractivity contribution in [1.82, 2.24) is 0 Å². The number of carbonyl (C=O) groups excluding carboxylic acids is 1. The van der Waals surface area contributed by atoms with Gasteiger partial charge in [0.15, 0.2) is 0 Å². The average molecular weight is 405 g/mol. The number of benzene rings is 2. The van der Waals surface area contributed by atoms with Crippen LogP contribution in [0.4, 0.5) is 5.69 Å². The van der Waals surface area contributed by atoms with Gasteiger partial charge in [-0.2, -0.15) is 0 Å². The zero-order chi connectivity index (χ0) is 14.7. The van der Waals surface area contributed by atoms with Gasteiger partial charge in [0, 0.05) is 25.3 Å². The number of rotatable bonds is 3. The number of hydrogen-bond acceptors (Lipinski definition) is 2. The molecule has 0 unspecified atom stereocenters. The zero-order valence-electron chi connectivity index (χ0n) is 11.0. The lowest BCUT2D eigenvalue weighted by Gasteiger charge is -2.10. The van der Waals surface area contributed by atoms with E-state index in [1.54, 1.807) is 11.3 Å². The molecule has 21 heavy (non-hydrogen) atoms. The summed E-state index contributed by atoms with van der Waals surface area (Å²) in [6, 6.07) is 19.5. The molecule has 0 bridgehead atoms. The first-order valence-electron chi connectivity index (χ1n) is 6.44. The summed E-state index contributed by atoms with van der Waals surface area (Å²) >= 11 is 3.89. The van der Waals surface area contributed by atoms with Crippen LogP contribution < -0.4 is 5.32 Å². The Balaban J connectivity index is 1.88. The lowest BCUT2D eigenvalue weighted by Crippen LogP contribution is -2.12. The highest BCUT2D eigenvalue weighted by atomic mass is 127. The van der Waals surface area contributed by atoms with E-state index in [0.29, 0.717) is 5.56 Å². The number of amides is 1. The molecule has 1 heterocycles. The number of anilines is 1. The van der Waals surface area contributed by atoms with E-state index < -0.39 is 0 Å². The molecule has 4 heteroatoms. The lowest BCUT2D eigenvalue weighted by atomic mass is 10.1. The summed E-state index contributed by atoms with van der Waals surface area (Å²) in [5.41, 5.74) is 2.55. The minimum Gasteiger partial charge on any atom is -0.321 e. The minimum atomic E-state index is -0.0876. The van der Waals surface area contributed by atoms with Gasteiger partial charge in [-0.25, -0.2) is 0 Å². The molecule has 2 aromatic carbocycles. The predicted molar refractivity (Wildman–Crippen MR) is 96.9 cm³/mol. The summed E-state index contributed by atoms with van der Waals surface area (Å²) in [7, 11) is 0. The Morgan fingerprint density at radius 1 is 0.952 bits per heavy atom. The van der Waals surface area contributed by atoms with Gasteiger partial charge in [-0.1, -0.05) is 24.3 Å². The highest BCUT2D eigenvalue weighted by Crippen LogP contribution is 2.31. The molecule has 3 rings (SSSR count). The number of carbonyl (C=O) groups is 1. The van der Waals surface area contributed by atoms with Crippen LogP contribution in [-0.4, -0.2) is 5.91 Å². The van der Waals surface area contributed by atoms with Crippen LogP contribution in [0.15, 0.2) is 66.0 Å². The van der Waals surface area contributed by atoms with Gasteiger partial charge < -0.3 is 5.32 Å². The molecule has 3 aromatic rings. The summed E-state index contributed by atoms with van der Waals surface area (Å²) in [4.78, 5) is 13.5. The Morgan fingerprint density at radius 2 is 1.71 bits per heavy atom. The smallest absolute Gasteiger partial charge is 0.255 e. The van der Waals surface area contributed by atoms with Crippen LogP contribution in [0.2, 0.25) is 0 Å². The second kappa shape index (κ2) is 6.41. The second-order valence-electron chi connectivity index (χ2n) is 4.48. The standard InChI is InChI=1S/C17H12INOS/c18-13-9-7-12(8-10-13)17(20)19-15-5-2-1-4-14(15)16-6-3-11-21-16/h1-11H,(H,19,20). The Labute approximate surface area is 141 Å². The fraction of sp³-hybridized carbons (Fsp3) is 0. The topological polar surface area (TPSA) is 29.1 Å². The average Bonchev–Trinajstić information content (AvgIpc) is 3.02. The Bertz CT molecular complexity index is 751. The fourth-order valence-electron chi connectivity index (χ4n) is 2.03. The first kappa shape index (κ1) is 14.3. The molecule has 0 radical (unpaired) electrons. The number of thiophene rings is 1. The highest BCUT2D eigenvalue weighted by molar-refractivity contribution is 14.1. The SMILES string of the molecule is O=C(Nc1ccccc1-c1cccs1)c1ccc(I)cc1. The summed E-state index contributed by atoms with van der Waals surface area (Å²) < 4.78 is 1.11. The maximum Gasteiger partial charge on any atom is 0.255 e. The van der Waals surface area contributed by atoms with Crippen LogP contribution in [0, 0.1) is 3.57 Å². The Morgan fingerprint density at radius 3 is 2.43 bits per heavy atom. The molecule has 0 atom stereocenters. The van der Waals surface area contributed by atoms with Crippen molar-refractivity contribution in [1.29, 1.82) is 0 Å². The number of nitrogens with one attached hydrogen (secondary N) is 1. The van der Waals surface area contributed by atoms with Crippen LogP contribution in [0.3, 0.4) is 0 Å². The molecule has 1 amide bonds. The van der Waals surface area contributed by atoms with Gasteiger partial charge in [-0.3, -0.25) is 4.79 Å². The first-order valence-corrected chi connectivity index (χ1v) is 8.40. The van der Waals surface area contributed by atoms with Crippen LogP contribution >= 0.6 is 33.9 Å². The summed E-state index contributed by atoms with van der Waals surface area (Å²) in [6.45, 7) is 0. The third kappa shape index (κ3) is 3.33. The molecule has 1 N–H and O–H groups in total. The van der Waals surface area contributed by atoms with E-state index in [9.17, 15) is 4.79 Å². The molecule has 104 valence electrons. The van der Waals surface area contributed by atoms with Crippen molar-refractivity contribution in [3.63, 3.8) is 0 Å². The molecule has 0 aliphatic heterocycles. The van der Waals surface area contributed by atoms with Gasteiger partial charge in [0.25, 0.3) is 5.91 Å². The monoisotopic (exact) mass is 405 g/mol. The van der Waals surface area contributed by atoms with E-state index in [4.69, 9.17) is 0 Å². The van der Waals surface area contributed by atoms with Crippen LogP contribution in [0.1, 0.15) is 10.4 Å². The van der Waals surface area contributed by atoms with E-state index in [2.05, 4.69) is 34.0 Å². The predicted octanol–water partition coefficient (Wildman–Crippen LogP) is 5.27. The molecular weight excluding hydrogens is 393 g/mol. The van der Waals surface area contributed by atoms with E-state index in [0.717, 1.165) is 19.7 Å². The van der Waals surface area contributed by atoms with Crippen molar-refractivity contribution in [2.45, 2.75) is 0 Å². The molecule has 0 aliphatic carbocycles. The maximum atomic E-state index is 12.3. The van der Waals surface area contributed by atoms with Gasteiger partial charge in [0.2, 0.25) is 0 Å². The minimum absolute atomic E-state index is 0.0876. The molecule has 0 spiro atoms. The van der Waals surface area contributed by atoms with Crippen LogP contribution in [0.5, 0.6) is 0 Å². The summed E-state index contributed by atoms with van der Waals surface area (Å²) in [5.74, 6) is -0.0876. The van der Waals surface area contributed by atoms with E-state index >= 15 is 0 Å². The van der Waals surface area contributed by atoms with Crippen molar-refractivity contribution >= 4 is 45.5 Å². The number of para-hydroxylation sites is 1. The van der Waals surface area contributed by atoms with Crippen molar-refractivity contribution in [3.05, 3.63) is 75.2 Å². The van der Waals surface area contributed by atoms with Crippen molar-refractivity contribution in [3.8, 4) is 10.4 Å². The maximum absolute atomic E-state index is 12.3. The zero-order valence-corrected chi connectivity index (χ0v) is 14.0. The van der Waals surface area contributed by atoms with Crippen LogP contribution in [0.25, 0.3) is 10.4 Å². The fourth-order valence-corrected chi connectivity index (χ4v) is 3.16. The molecule has 0 saturated carbocycles. The molecule has 0 fully saturated rings. The Kier molecular flexibility index (Phi) is 4.36. The van der Waals surface area contributed by atoms with Crippen molar-refractivity contribution in [2.75, 3.05) is 5.32 Å². The normalized spacial score (nSPS) is 10.3. The third-order valence-electron chi connectivity index (χ3n) is 3.07. The van der Waals surface area contributed by atoms with Gasteiger partial charge in [0.05, 0.1) is 0 Å². The molecular formula is C17H12INOS. The van der Waals surface area contributed by atoms with E-state index in [1.165, 1.54) is 0 Å². The van der Waals surface area contributed by atoms with Gasteiger partial charge in [-0.15, -0.1) is 11.3 Å². The van der Waals surface area contributed by atoms with E-state index in [-0.39, 0.29) is 5.91 Å².